The molecule has 0 unspecified atom stereocenters. The highest BCUT2D eigenvalue weighted by atomic mass is 16.5. The first-order chi connectivity index (χ1) is 15.0. The van der Waals surface area contributed by atoms with Crippen LogP contribution in [0.5, 0.6) is 5.75 Å². The number of benzene rings is 3. The summed E-state index contributed by atoms with van der Waals surface area (Å²) < 4.78 is 5.55. The molecule has 0 atom stereocenters. The Morgan fingerprint density at radius 2 is 1.48 bits per heavy atom. The van der Waals surface area contributed by atoms with Gasteiger partial charge in [0.25, 0.3) is 5.91 Å². The summed E-state index contributed by atoms with van der Waals surface area (Å²) in [5, 5.41) is 8.77. The van der Waals surface area contributed by atoms with Gasteiger partial charge in [-0.15, -0.1) is 0 Å². The van der Waals surface area contributed by atoms with E-state index in [-0.39, 0.29) is 18.4 Å². The number of carbonyl (C=O) groups excluding carboxylic acids is 2. The third-order valence-corrected chi connectivity index (χ3v) is 4.49. The lowest BCUT2D eigenvalue weighted by Gasteiger charge is -2.10. The molecular weight excluding hydrogens is 390 g/mol. The van der Waals surface area contributed by atoms with Gasteiger partial charge < -0.3 is 20.7 Å². The van der Waals surface area contributed by atoms with Gasteiger partial charge in [-0.1, -0.05) is 24.6 Å². The van der Waals surface area contributed by atoms with Crippen molar-refractivity contribution < 1.29 is 14.3 Å². The number of aryl methyl sites for hydroxylation is 1. The van der Waals surface area contributed by atoms with E-state index in [0.717, 1.165) is 23.4 Å². The Labute approximate surface area is 182 Å². The van der Waals surface area contributed by atoms with Crippen molar-refractivity contribution in [2.24, 2.45) is 0 Å². The van der Waals surface area contributed by atoms with Crippen LogP contribution in [0, 0.1) is 6.92 Å². The van der Waals surface area contributed by atoms with Crippen LogP contribution in [-0.2, 0) is 4.79 Å². The van der Waals surface area contributed by atoms with Crippen LogP contribution in [-0.4, -0.2) is 25.0 Å². The highest BCUT2D eigenvalue weighted by molar-refractivity contribution is 6.04. The van der Waals surface area contributed by atoms with Crippen LogP contribution in [0.25, 0.3) is 0 Å². The number of hydrogen-bond donors (Lipinski definition) is 3. The topological polar surface area (TPSA) is 79.5 Å². The summed E-state index contributed by atoms with van der Waals surface area (Å²) in [6, 6.07) is 21.9. The van der Waals surface area contributed by atoms with Crippen LogP contribution in [0.3, 0.4) is 0 Å². The van der Waals surface area contributed by atoms with Crippen LogP contribution in [0.2, 0.25) is 0 Å². The molecule has 0 spiro atoms. The Balaban J connectivity index is 1.46. The van der Waals surface area contributed by atoms with Crippen molar-refractivity contribution in [1.29, 1.82) is 0 Å². The zero-order valence-corrected chi connectivity index (χ0v) is 17.8. The standard InChI is InChI=1S/C25H27N3O3/c1-3-15-31-23-13-11-20(12-14-23)26-17-24(29)27-21-7-9-22(10-8-21)28-25(30)19-6-4-5-18(2)16-19/h4-14,16,26H,3,15,17H2,1-2H3,(H,27,29)(H,28,30). The summed E-state index contributed by atoms with van der Waals surface area (Å²) >= 11 is 0. The monoisotopic (exact) mass is 417 g/mol. The number of carbonyl (C=O) groups is 2. The van der Waals surface area contributed by atoms with Crippen LogP contribution in [0.15, 0.2) is 72.8 Å². The van der Waals surface area contributed by atoms with E-state index in [1.54, 1.807) is 30.3 Å². The van der Waals surface area contributed by atoms with Gasteiger partial charge in [0.2, 0.25) is 5.91 Å². The first kappa shape index (κ1) is 21.9. The molecule has 6 nitrogen and oxygen atoms in total. The fourth-order valence-corrected chi connectivity index (χ4v) is 2.90. The number of hydrogen-bond acceptors (Lipinski definition) is 4. The normalized spacial score (nSPS) is 10.3. The predicted octanol–water partition coefficient (Wildman–Crippen LogP) is 5.09. The molecule has 0 radical (unpaired) electrons. The number of ether oxygens (including phenoxy) is 1. The average molecular weight is 418 g/mol. The molecule has 0 aliphatic heterocycles. The molecule has 0 saturated heterocycles. The van der Waals surface area contributed by atoms with Gasteiger partial charge in [0.15, 0.2) is 0 Å². The molecule has 0 aliphatic rings. The van der Waals surface area contributed by atoms with Gasteiger partial charge in [0.05, 0.1) is 13.2 Å². The summed E-state index contributed by atoms with van der Waals surface area (Å²) in [5.74, 6) is 0.477. The van der Waals surface area contributed by atoms with Crippen molar-refractivity contribution in [3.63, 3.8) is 0 Å². The van der Waals surface area contributed by atoms with Crippen LogP contribution >= 0.6 is 0 Å². The van der Waals surface area contributed by atoms with E-state index in [2.05, 4.69) is 22.9 Å². The minimum atomic E-state index is -0.171. The van der Waals surface area contributed by atoms with Gasteiger partial charge >= 0.3 is 0 Å². The molecule has 31 heavy (non-hydrogen) atoms. The Kier molecular flexibility index (Phi) is 7.65. The third-order valence-electron chi connectivity index (χ3n) is 4.49. The van der Waals surface area contributed by atoms with Crippen LogP contribution in [0.4, 0.5) is 17.1 Å². The summed E-state index contributed by atoms with van der Waals surface area (Å²) in [7, 11) is 0. The summed E-state index contributed by atoms with van der Waals surface area (Å²) in [4.78, 5) is 24.5. The second-order valence-corrected chi connectivity index (χ2v) is 7.18. The molecule has 0 aromatic heterocycles. The fraction of sp³-hybridized carbons (Fsp3) is 0.200. The zero-order chi connectivity index (χ0) is 22.1. The largest absolute Gasteiger partial charge is 0.494 e. The van der Waals surface area contributed by atoms with Gasteiger partial charge in [-0.3, -0.25) is 9.59 Å². The molecule has 0 fully saturated rings. The summed E-state index contributed by atoms with van der Waals surface area (Å²) in [6.45, 7) is 4.83. The quantitative estimate of drug-likeness (QED) is 0.453. The van der Waals surface area contributed by atoms with Gasteiger partial charge in [0, 0.05) is 22.6 Å². The van der Waals surface area contributed by atoms with Crippen molar-refractivity contribution in [2.45, 2.75) is 20.3 Å². The van der Waals surface area contributed by atoms with E-state index < -0.39 is 0 Å². The van der Waals surface area contributed by atoms with E-state index in [0.29, 0.717) is 23.5 Å². The fourth-order valence-electron chi connectivity index (χ4n) is 2.90. The van der Waals surface area contributed by atoms with Crippen LogP contribution < -0.4 is 20.7 Å². The Hall–Kier alpha value is -3.80. The van der Waals surface area contributed by atoms with E-state index in [9.17, 15) is 9.59 Å². The van der Waals surface area contributed by atoms with Crippen molar-refractivity contribution in [3.8, 4) is 5.75 Å². The van der Waals surface area contributed by atoms with Crippen molar-refractivity contribution >= 4 is 28.9 Å². The molecule has 0 aliphatic carbocycles. The molecule has 2 amide bonds. The summed E-state index contributed by atoms with van der Waals surface area (Å²) in [5.41, 5.74) is 3.79. The maximum absolute atomic E-state index is 12.3. The molecule has 3 aromatic carbocycles. The zero-order valence-electron chi connectivity index (χ0n) is 17.8. The molecule has 160 valence electrons. The maximum atomic E-state index is 12.3. The molecule has 0 saturated carbocycles. The molecular formula is C25H27N3O3. The number of anilines is 3. The van der Waals surface area contributed by atoms with Gasteiger partial charge in [-0.25, -0.2) is 0 Å². The molecule has 0 heterocycles. The average Bonchev–Trinajstić information content (AvgIpc) is 2.78. The van der Waals surface area contributed by atoms with E-state index >= 15 is 0 Å². The van der Waals surface area contributed by atoms with Crippen molar-refractivity contribution in [3.05, 3.63) is 83.9 Å². The molecule has 3 rings (SSSR count). The second kappa shape index (κ2) is 10.8. The van der Waals surface area contributed by atoms with Crippen LogP contribution in [0.1, 0.15) is 29.3 Å². The second-order valence-electron chi connectivity index (χ2n) is 7.18. The Morgan fingerprint density at radius 1 is 0.839 bits per heavy atom. The van der Waals surface area contributed by atoms with Crippen molar-refractivity contribution in [2.75, 3.05) is 29.1 Å². The first-order valence-corrected chi connectivity index (χ1v) is 10.3. The minimum Gasteiger partial charge on any atom is -0.494 e. The molecule has 3 aromatic rings. The lowest BCUT2D eigenvalue weighted by molar-refractivity contribution is -0.114. The minimum absolute atomic E-state index is 0.140. The van der Waals surface area contributed by atoms with E-state index in [1.165, 1.54) is 0 Å². The third kappa shape index (κ3) is 6.89. The number of nitrogens with one attached hydrogen (secondary N) is 3. The highest BCUT2D eigenvalue weighted by Crippen LogP contribution is 2.17. The molecule has 3 N–H and O–H groups in total. The van der Waals surface area contributed by atoms with E-state index in [1.807, 2.05) is 49.4 Å². The van der Waals surface area contributed by atoms with Gasteiger partial charge in [-0.2, -0.15) is 0 Å². The first-order valence-electron chi connectivity index (χ1n) is 10.3. The lowest BCUT2D eigenvalue weighted by atomic mass is 10.1. The smallest absolute Gasteiger partial charge is 0.255 e. The highest BCUT2D eigenvalue weighted by Gasteiger charge is 2.07. The SMILES string of the molecule is CCCOc1ccc(NCC(=O)Nc2ccc(NC(=O)c3cccc(C)c3)cc2)cc1. The number of amides is 2. The molecule has 0 bridgehead atoms. The number of rotatable bonds is 9. The Morgan fingerprint density at radius 3 is 2.13 bits per heavy atom. The predicted molar refractivity (Wildman–Crippen MR) is 125 cm³/mol. The van der Waals surface area contributed by atoms with Crippen molar-refractivity contribution in [1.82, 2.24) is 0 Å². The maximum Gasteiger partial charge on any atom is 0.255 e. The Bertz CT molecular complexity index is 1010. The lowest BCUT2D eigenvalue weighted by Crippen LogP contribution is -2.21. The summed E-state index contributed by atoms with van der Waals surface area (Å²) in [6.07, 6.45) is 0.959. The molecule has 6 heteroatoms. The van der Waals surface area contributed by atoms with Gasteiger partial charge in [-0.05, 0) is 74.0 Å². The van der Waals surface area contributed by atoms with Gasteiger partial charge in [0.1, 0.15) is 5.75 Å². The van der Waals surface area contributed by atoms with E-state index in [4.69, 9.17) is 4.74 Å².